The van der Waals surface area contributed by atoms with Gasteiger partial charge in [-0.15, -0.1) is 0 Å². The molecule has 0 spiro atoms. The van der Waals surface area contributed by atoms with Gasteiger partial charge in [-0.1, -0.05) is 6.92 Å². The molecule has 68 valence electrons. The summed E-state index contributed by atoms with van der Waals surface area (Å²) in [7, 11) is 3.79. The largest absolute Gasteiger partial charge is 0.393 e. The van der Waals surface area contributed by atoms with E-state index in [4.69, 9.17) is 5.11 Å². The van der Waals surface area contributed by atoms with Crippen molar-refractivity contribution in [3.05, 3.63) is 0 Å². The first kappa shape index (κ1) is 10.8. The molecule has 1 N–H and O–H groups in total. The van der Waals surface area contributed by atoms with Crippen LogP contribution in [0.2, 0.25) is 0 Å². The van der Waals surface area contributed by atoms with Gasteiger partial charge < -0.3 is 10.0 Å². The Morgan fingerprint density at radius 2 is 2.00 bits per heavy atom. The molecule has 3 heteroatoms. The van der Waals surface area contributed by atoms with Crippen LogP contribution < -0.4 is 0 Å². The maximum absolute atomic E-state index is 13.3. The number of aliphatic hydroxyl groups is 1. The van der Waals surface area contributed by atoms with Crippen LogP contribution in [0.1, 0.15) is 19.8 Å². The Morgan fingerprint density at radius 3 is 2.27 bits per heavy atom. The first-order valence-electron chi connectivity index (χ1n) is 3.98. The quantitative estimate of drug-likeness (QED) is 0.655. The van der Waals surface area contributed by atoms with E-state index in [0.717, 1.165) is 0 Å². The van der Waals surface area contributed by atoms with Gasteiger partial charge in [0.05, 0.1) is 6.61 Å². The fourth-order valence-electron chi connectivity index (χ4n) is 0.792. The standard InChI is InChI=1S/C8H18FNO/c1-4-8(9,7-11)5-6-10(2)3/h11H,4-7H2,1-3H3. The minimum absolute atomic E-state index is 0.364. The number of aliphatic hydroxyl groups excluding tert-OH is 1. The van der Waals surface area contributed by atoms with Crippen molar-refractivity contribution in [2.24, 2.45) is 0 Å². The molecule has 1 unspecified atom stereocenters. The average Bonchev–Trinajstić information content (AvgIpc) is 2.00. The smallest absolute Gasteiger partial charge is 0.134 e. The minimum Gasteiger partial charge on any atom is -0.393 e. The van der Waals surface area contributed by atoms with E-state index in [1.54, 1.807) is 6.92 Å². The van der Waals surface area contributed by atoms with E-state index in [1.807, 2.05) is 19.0 Å². The lowest BCUT2D eigenvalue weighted by molar-refractivity contribution is 0.0525. The molecule has 0 heterocycles. The predicted octanol–water partition coefficient (Wildman–Crippen LogP) is 1.05. The molecule has 0 fully saturated rings. The zero-order valence-electron chi connectivity index (χ0n) is 7.60. The highest BCUT2D eigenvalue weighted by Crippen LogP contribution is 2.19. The number of hydrogen-bond donors (Lipinski definition) is 1. The summed E-state index contributed by atoms with van der Waals surface area (Å²) in [6, 6.07) is 0. The molecule has 0 aliphatic rings. The fraction of sp³-hybridized carbons (Fsp3) is 1.00. The zero-order chi connectivity index (χ0) is 8.91. The summed E-state index contributed by atoms with van der Waals surface area (Å²) < 4.78 is 13.3. The van der Waals surface area contributed by atoms with Crippen LogP contribution in [0.3, 0.4) is 0 Å². The van der Waals surface area contributed by atoms with Crippen molar-refractivity contribution < 1.29 is 9.50 Å². The lowest BCUT2D eigenvalue weighted by Gasteiger charge is -2.22. The molecular weight excluding hydrogens is 145 g/mol. The number of hydrogen-bond acceptors (Lipinski definition) is 2. The molecule has 0 aromatic heterocycles. The highest BCUT2D eigenvalue weighted by molar-refractivity contribution is 4.76. The van der Waals surface area contributed by atoms with Crippen LogP contribution in [0.5, 0.6) is 0 Å². The summed E-state index contributed by atoms with van der Waals surface area (Å²) in [5.74, 6) is 0. The van der Waals surface area contributed by atoms with Gasteiger partial charge in [0.15, 0.2) is 0 Å². The van der Waals surface area contributed by atoms with Gasteiger partial charge in [-0.25, -0.2) is 4.39 Å². The van der Waals surface area contributed by atoms with Gasteiger partial charge in [-0.05, 0) is 26.9 Å². The van der Waals surface area contributed by atoms with E-state index in [-0.39, 0.29) is 6.61 Å². The van der Waals surface area contributed by atoms with Gasteiger partial charge in [0.2, 0.25) is 0 Å². The van der Waals surface area contributed by atoms with Crippen LogP contribution in [0.15, 0.2) is 0 Å². The van der Waals surface area contributed by atoms with Gasteiger partial charge in [0.25, 0.3) is 0 Å². The summed E-state index contributed by atoms with van der Waals surface area (Å²) in [6.45, 7) is 2.08. The second-order valence-electron chi connectivity index (χ2n) is 3.22. The molecule has 0 radical (unpaired) electrons. The summed E-state index contributed by atoms with van der Waals surface area (Å²) in [4.78, 5) is 1.92. The second-order valence-corrected chi connectivity index (χ2v) is 3.22. The van der Waals surface area contributed by atoms with Crippen molar-refractivity contribution in [3.8, 4) is 0 Å². The Labute approximate surface area is 68.0 Å². The Hall–Kier alpha value is -0.150. The fourth-order valence-corrected chi connectivity index (χ4v) is 0.792. The van der Waals surface area contributed by atoms with E-state index in [0.29, 0.717) is 19.4 Å². The summed E-state index contributed by atoms with van der Waals surface area (Å²) in [5, 5.41) is 8.70. The zero-order valence-corrected chi connectivity index (χ0v) is 7.60. The number of rotatable bonds is 5. The predicted molar refractivity (Wildman–Crippen MR) is 44.4 cm³/mol. The van der Waals surface area contributed by atoms with Crippen LogP contribution in [-0.4, -0.2) is 42.9 Å². The number of halogens is 1. The van der Waals surface area contributed by atoms with Crippen molar-refractivity contribution in [1.29, 1.82) is 0 Å². The molecular formula is C8H18FNO. The molecule has 11 heavy (non-hydrogen) atoms. The lowest BCUT2D eigenvalue weighted by Crippen LogP contribution is -2.31. The highest BCUT2D eigenvalue weighted by Gasteiger charge is 2.25. The Bertz CT molecular complexity index is 102. The second kappa shape index (κ2) is 4.67. The van der Waals surface area contributed by atoms with Gasteiger partial charge in [-0.2, -0.15) is 0 Å². The molecule has 0 saturated carbocycles. The molecule has 0 aromatic rings. The third kappa shape index (κ3) is 4.32. The molecule has 0 bridgehead atoms. The molecule has 0 aliphatic carbocycles. The third-order valence-electron chi connectivity index (χ3n) is 1.92. The van der Waals surface area contributed by atoms with Crippen molar-refractivity contribution >= 4 is 0 Å². The van der Waals surface area contributed by atoms with Crippen LogP contribution in [0.25, 0.3) is 0 Å². The summed E-state index contributed by atoms with van der Waals surface area (Å²) >= 11 is 0. The van der Waals surface area contributed by atoms with E-state index in [2.05, 4.69) is 0 Å². The van der Waals surface area contributed by atoms with E-state index in [9.17, 15) is 4.39 Å². The van der Waals surface area contributed by atoms with Crippen molar-refractivity contribution in [2.75, 3.05) is 27.2 Å². The van der Waals surface area contributed by atoms with Crippen LogP contribution >= 0.6 is 0 Å². The average molecular weight is 163 g/mol. The van der Waals surface area contributed by atoms with Crippen LogP contribution in [0.4, 0.5) is 4.39 Å². The molecule has 0 aliphatic heterocycles. The Morgan fingerprint density at radius 1 is 1.45 bits per heavy atom. The maximum Gasteiger partial charge on any atom is 0.134 e. The number of nitrogens with zero attached hydrogens (tertiary/aromatic N) is 1. The lowest BCUT2D eigenvalue weighted by atomic mass is 10.00. The first-order valence-corrected chi connectivity index (χ1v) is 3.98. The molecule has 0 aromatic carbocycles. The maximum atomic E-state index is 13.3. The van der Waals surface area contributed by atoms with E-state index < -0.39 is 5.67 Å². The normalized spacial score (nSPS) is 16.9. The summed E-state index contributed by atoms with van der Waals surface area (Å²) in [6.07, 6.45) is 0.796. The SMILES string of the molecule is CCC(F)(CO)CCN(C)C. The molecule has 2 nitrogen and oxygen atoms in total. The van der Waals surface area contributed by atoms with Crippen molar-refractivity contribution in [3.63, 3.8) is 0 Å². The van der Waals surface area contributed by atoms with E-state index >= 15 is 0 Å². The van der Waals surface area contributed by atoms with E-state index in [1.165, 1.54) is 0 Å². The molecule has 0 saturated heterocycles. The van der Waals surface area contributed by atoms with Crippen LogP contribution in [0, 0.1) is 0 Å². The van der Waals surface area contributed by atoms with Crippen molar-refractivity contribution in [2.45, 2.75) is 25.4 Å². The monoisotopic (exact) mass is 163 g/mol. The third-order valence-corrected chi connectivity index (χ3v) is 1.92. The Kier molecular flexibility index (Phi) is 4.61. The van der Waals surface area contributed by atoms with Gasteiger partial charge in [0.1, 0.15) is 5.67 Å². The van der Waals surface area contributed by atoms with Crippen molar-refractivity contribution in [1.82, 2.24) is 4.90 Å². The topological polar surface area (TPSA) is 23.5 Å². The number of alkyl halides is 1. The Balaban J connectivity index is 3.69. The van der Waals surface area contributed by atoms with Gasteiger partial charge >= 0.3 is 0 Å². The minimum atomic E-state index is -1.37. The molecule has 0 amide bonds. The van der Waals surface area contributed by atoms with Crippen LogP contribution in [-0.2, 0) is 0 Å². The molecule has 0 rings (SSSR count). The first-order chi connectivity index (χ1) is 5.04. The van der Waals surface area contributed by atoms with Gasteiger partial charge in [-0.3, -0.25) is 0 Å². The highest BCUT2D eigenvalue weighted by atomic mass is 19.1. The molecule has 1 atom stereocenters. The van der Waals surface area contributed by atoms with Gasteiger partial charge in [0, 0.05) is 6.54 Å². The summed E-state index contributed by atoms with van der Waals surface area (Å²) in [5.41, 5.74) is -1.37.